The largest absolute Gasteiger partial charge is 0.397 e. The second-order valence-corrected chi connectivity index (χ2v) is 4.68. The molecular formula is C13H19N3O. The molecule has 4 nitrogen and oxygen atoms in total. The summed E-state index contributed by atoms with van der Waals surface area (Å²) in [5.41, 5.74) is 13.4. The highest BCUT2D eigenvalue weighted by molar-refractivity contribution is 5.94. The predicted molar refractivity (Wildman–Crippen MR) is 70.0 cm³/mol. The molecule has 2 rings (SSSR count). The summed E-state index contributed by atoms with van der Waals surface area (Å²) in [6.45, 7) is 3.24. The SMILES string of the molecule is CC1CCCCN1c1ccc(C(N)=O)cc1N. The molecule has 0 spiro atoms. The summed E-state index contributed by atoms with van der Waals surface area (Å²) < 4.78 is 0. The van der Waals surface area contributed by atoms with Crippen LogP contribution in [0.15, 0.2) is 18.2 Å². The van der Waals surface area contributed by atoms with Crippen LogP contribution in [0.4, 0.5) is 11.4 Å². The van der Waals surface area contributed by atoms with Gasteiger partial charge in [-0.15, -0.1) is 0 Å². The highest BCUT2D eigenvalue weighted by atomic mass is 16.1. The number of nitrogens with zero attached hydrogens (tertiary/aromatic N) is 1. The van der Waals surface area contributed by atoms with E-state index in [1.54, 1.807) is 12.1 Å². The molecule has 1 atom stereocenters. The molecule has 1 aromatic carbocycles. The van der Waals surface area contributed by atoms with Gasteiger partial charge in [-0.05, 0) is 44.4 Å². The van der Waals surface area contributed by atoms with Crippen molar-refractivity contribution in [1.82, 2.24) is 0 Å². The van der Waals surface area contributed by atoms with Crippen molar-refractivity contribution in [3.05, 3.63) is 23.8 Å². The van der Waals surface area contributed by atoms with Gasteiger partial charge in [0.2, 0.25) is 5.91 Å². The first-order chi connectivity index (χ1) is 8.09. The number of primary amides is 1. The number of benzene rings is 1. The third-order valence-electron chi connectivity index (χ3n) is 3.42. The zero-order valence-corrected chi connectivity index (χ0v) is 10.1. The summed E-state index contributed by atoms with van der Waals surface area (Å²) in [5, 5.41) is 0. The molecule has 1 heterocycles. The molecule has 1 amide bonds. The summed E-state index contributed by atoms with van der Waals surface area (Å²) in [6.07, 6.45) is 3.66. The molecule has 1 saturated heterocycles. The Hall–Kier alpha value is -1.71. The summed E-state index contributed by atoms with van der Waals surface area (Å²) in [4.78, 5) is 13.4. The normalized spacial score (nSPS) is 20.3. The predicted octanol–water partition coefficient (Wildman–Crippen LogP) is 1.75. The fourth-order valence-electron chi connectivity index (χ4n) is 2.43. The van der Waals surface area contributed by atoms with E-state index >= 15 is 0 Å². The standard InChI is InChI=1S/C13H19N3O/c1-9-4-2-3-7-16(9)12-6-5-10(13(15)17)8-11(12)14/h5-6,8-9H,2-4,7,14H2,1H3,(H2,15,17). The molecule has 92 valence electrons. The Labute approximate surface area is 102 Å². The topological polar surface area (TPSA) is 72.3 Å². The lowest BCUT2D eigenvalue weighted by molar-refractivity contribution is 0.100. The number of carbonyl (C=O) groups excluding carboxylic acids is 1. The van der Waals surface area contributed by atoms with E-state index in [0.717, 1.165) is 12.2 Å². The van der Waals surface area contributed by atoms with E-state index in [1.165, 1.54) is 19.3 Å². The Balaban J connectivity index is 2.29. The zero-order chi connectivity index (χ0) is 12.4. The quantitative estimate of drug-likeness (QED) is 0.764. The molecule has 17 heavy (non-hydrogen) atoms. The highest BCUT2D eigenvalue weighted by Crippen LogP contribution is 2.30. The molecular weight excluding hydrogens is 214 g/mol. The summed E-state index contributed by atoms with van der Waals surface area (Å²) in [7, 11) is 0. The highest BCUT2D eigenvalue weighted by Gasteiger charge is 2.20. The van der Waals surface area contributed by atoms with Gasteiger partial charge in [0.15, 0.2) is 0 Å². The molecule has 4 heteroatoms. The lowest BCUT2D eigenvalue weighted by atomic mass is 10.0. The van der Waals surface area contributed by atoms with Crippen LogP contribution in [0.5, 0.6) is 0 Å². The Morgan fingerprint density at radius 3 is 2.76 bits per heavy atom. The summed E-state index contributed by atoms with van der Waals surface area (Å²) >= 11 is 0. The van der Waals surface area contributed by atoms with Gasteiger partial charge in [-0.3, -0.25) is 4.79 Å². The average molecular weight is 233 g/mol. The first-order valence-corrected chi connectivity index (χ1v) is 6.05. The number of nitrogens with two attached hydrogens (primary N) is 2. The van der Waals surface area contributed by atoms with Gasteiger partial charge >= 0.3 is 0 Å². The van der Waals surface area contributed by atoms with Crippen molar-refractivity contribution in [3.8, 4) is 0 Å². The average Bonchev–Trinajstić information content (AvgIpc) is 2.30. The van der Waals surface area contributed by atoms with Crippen molar-refractivity contribution in [1.29, 1.82) is 0 Å². The summed E-state index contributed by atoms with van der Waals surface area (Å²) in [6, 6.07) is 5.82. The number of anilines is 2. The molecule has 0 aliphatic carbocycles. The smallest absolute Gasteiger partial charge is 0.248 e. The molecule has 0 bridgehead atoms. The van der Waals surface area contributed by atoms with E-state index in [9.17, 15) is 4.79 Å². The van der Waals surface area contributed by atoms with Crippen LogP contribution in [-0.4, -0.2) is 18.5 Å². The van der Waals surface area contributed by atoms with E-state index in [-0.39, 0.29) is 0 Å². The number of amides is 1. The minimum atomic E-state index is -0.435. The zero-order valence-electron chi connectivity index (χ0n) is 10.1. The third-order valence-corrected chi connectivity index (χ3v) is 3.42. The first kappa shape index (κ1) is 11.8. The van der Waals surface area contributed by atoms with Gasteiger partial charge in [-0.25, -0.2) is 0 Å². The molecule has 0 radical (unpaired) electrons. The van der Waals surface area contributed by atoms with Crippen molar-refractivity contribution in [2.75, 3.05) is 17.2 Å². The van der Waals surface area contributed by atoms with Crippen LogP contribution in [0.3, 0.4) is 0 Å². The molecule has 4 N–H and O–H groups in total. The lowest BCUT2D eigenvalue weighted by Gasteiger charge is -2.36. The van der Waals surface area contributed by atoms with E-state index in [4.69, 9.17) is 11.5 Å². The third kappa shape index (κ3) is 2.35. The fraction of sp³-hybridized carbons (Fsp3) is 0.462. The van der Waals surface area contributed by atoms with Gasteiger partial charge in [-0.2, -0.15) is 0 Å². The van der Waals surface area contributed by atoms with Crippen LogP contribution in [0.25, 0.3) is 0 Å². The van der Waals surface area contributed by atoms with Crippen LogP contribution in [0, 0.1) is 0 Å². The van der Waals surface area contributed by atoms with Crippen LogP contribution < -0.4 is 16.4 Å². The van der Waals surface area contributed by atoms with Crippen molar-refractivity contribution in [2.45, 2.75) is 32.2 Å². The van der Waals surface area contributed by atoms with E-state index in [0.29, 0.717) is 17.3 Å². The number of piperidine rings is 1. The van der Waals surface area contributed by atoms with Crippen molar-refractivity contribution < 1.29 is 4.79 Å². The van der Waals surface area contributed by atoms with Gasteiger partial charge in [0.1, 0.15) is 0 Å². The van der Waals surface area contributed by atoms with Gasteiger partial charge < -0.3 is 16.4 Å². The molecule has 1 aliphatic heterocycles. The molecule has 1 aromatic rings. The van der Waals surface area contributed by atoms with Crippen molar-refractivity contribution in [3.63, 3.8) is 0 Å². The van der Waals surface area contributed by atoms with Gasteiger partial charge in [-0.1, -0.05) is 0 Å². The molecule has 1 unspecified atom stereocenters. The number of hydrogen-bond donors (Lipinski definition) is 2. The Morgan fingerprint density at radius 2 is 2.18 bits per heavy atom. The van der Waals surface area contributed by atoms with Crippen molar-refractivity contribution >= 4 is 17.3 Å². The Morgan fingerprint density at radius 1 is 1.41 bits per heavy atom. The Bertz CT molecular complexity index is 431. The van der Waals surface area contributed by atoms with Crippen LogP contribution in [0.1, 0.15) is 36.5 Å². The van der Waals surface area contributed by atoms with Gasteiger partial charge in [0.25, 0.3) is 0 Å². The molecule has 1 aliphatic rings. The van der Waals surface area contributed by atoms with Gasteiger partial charge in [0.05, 0.1) is 11.4 Å². The second kappa shape index (κ2) is 4.65. The van der Waals surface area contributed by atoms with E-state index in [2.05, 4.69) is 11.8 Å². The Kier molecular flexibility index (Phi) is 3.22. The van der Waals surface area contributed by atoms with Gasteiger partial charge in [0, 0.05) is 18.2 Å². The molecule has 0 saturated carbocycles. The molecule has 1 fully saturated rings. The van der Waals surface area contributed by atoms with Crippen LogP contribution in [0.2, 0.25) is 0 Å². The lowest BCUT2D eigenvalue weighted by Crippen LogP contribution is -2.37. The maximum absolute atomic E-state index is 11.1. The first-order valence-electron chi connectivity index (χ1n) is 6.05. The van der Waals surface area contributed by atoms with Crippen molar-refractivity contribution in [2.24, 2.45) is 5.73 Å². The number of carbonyl (C=O) groups is 1. The minimum absolute atomic E-state index is 0.435. The van der Waals surface area contributed by atoms with E-state index < -0.39 is 5.91 Å². The minimum Gasteiger partial charge on any atom is -0.397 e. The van der Waals surface area contributed by atoms with E-state index in [1.807, 2.05) is 6.07 Å². The number of hydrogen-bond acceptors (Lipinski definition) is 3. The van der Waals surface area contributed by atoms with Crippen LogP contribution >= 0.6 is 0 Å². The maximum Gasteiger partial charge on any atom is 0.248 e. The summed E-state index contributed by atoms with van der Waals surface area (Å²) in [5.74, 6) is -0.435. The maximum atomic E-state index is 11.1. The molecule has 0 aromatic heterocycles. The van der Waals surface area contributed by atoms with Crippen LogP contribution in [-0.2, 0) is 0 Å². The number of nitrogen functional groups attached to an aromatic ring is 1. The second-order valence-electron chi connectivity index (χ2n) is 4.68. The fourth-order valence-corrected chi connectivity index (χ4v) is 2.43. The monoisotopic (exact) mass is 233 g/mol. The number of rotatable bonds is 2.